The van der Waals surface area contributed by atoms with Gasteiger partial charge in [0, 0.05) is 24.8 Å². The van der Waals surface area contributed by atoms with Gasteiger partial charge >= 0.3 is 0 Å². The quantitative estimate of drug-likeness (QED) is 0.836. The molecule has 0 saturated carbocycles. The minimum Gasteiger partial charge on any atom is -0.370 e. The van der Waals surface area contributed by atoms with Crippen molar-refractivity contribution in [2.24, 2.45) is 11.5 Å². The highest BCUT2D eigenvalue weighted by atomic mass is 35.5. The topological polar surface area (TPSA) is 72.4 Å². The zero-order chi connectivity index (χ0) is 12.4. The van der Waals surface area contributed by atoms with Crippen molar-refractivity contribution in [2.45, 2.75) is 18.9 Å². The summed E-state index contributed by atoms with van der Waals surface area (Å²) in [6, 6.07) is 5.52. The molecule has 1 aliphatic heterocycles. The lowest BCUT2D eigenvalue weighted by molar-refractivity contribution is 0.100. The fourth-order valence-corrected chi connectivity index (χ4v) is 2.41. The third-order valence-electron chi connectivity index (χ3n) is 3.04. The van der Waals surface area contributed by atoms with E-state index in [1.165, 1.54) is 0 Å². The summed E-state index contributed by atoms with van der Waals surface area (Å²) < 4.78 is 0. The van der Waals surface area contributed by atoms with Crippen LogP contribution in [0.5, 0.6) is 0 Å². The fraction of sp³-hybridized carbons (Fsp3) is 0.417. The van der Waals surface area contributed by atoms with E-state index in [2.05, 4.69) is 4.90 Å². The van der Waals surface area contributed by atoms with Gasteiger partial charge in [0.15, 0.2) is 0 Å². The number of amides is 1. The average molecular weight is 254 g/mol. The van der Waals surface area contributed by atoms with Crippen LogP contribution in [0, 0.1) is 0 Å². The normalized spacial score (nSPS) is 20.4. The van der Waals surface area contributed by atoms with E-state index in [1.807, 2.05) is 6.07 Å². The molecule has 4 N–H and O–H groups in total. The molecular formula is C12H16ClN3O. The zero-order valence-electron chi connectivity index (χ0n) is 9.53. The van der Waals surface area contributed by atoms with Gasteiger partial charge in [-0.05, 0) is 31.0 Å². The Balaban J connectivity index is 2.22. The first-order valence-corrected chi connectivity index (χ1v) is 6.05. The molecule has 0 radical (unpaired) electrons. The van der Waals surface area contributed by atoms with E-state index in [-0.39, 0.29) is 6.04 Å². The Hall–Kier alpha value is -1.26. The SMILES string of the molecule is NC(=O)c1ccc(N2CCC[C@@H](N)C2)cc1Cl. The molecule has 1 aliphatic rings. The van der Waals surface area contributed by atoms with E-state index in [0.29, 0.717) is 10.6 Å². The van der Waals surface area contributed by atoms with Crippen LogP contribution in [0.3, 0.4) is 0 Å². The van der Waals surface area contributed by atoms with Crippen molar-refractivity contribution in [1.29, 1.82) is 0 Å². The summed E-state index contributed by atoms with van der Waals surface area (Å²) in [6.45, 7) is 1.80. The first kappa shape index (κ1) is 12.2. The number of benzene rings is 1. The second-order valence-electron chi connectivity index (χ2n) is 4.38. The van der Waals surface area contributed by atoms with E-state index in [4.69, 9.17) is 23.1 Å². The Morgan fingerprint density at radius 1 is 1.47 bits per heavy atom. The number of halogens is 1. The predicted octanol–water partition coefficient (Wildman–Crippen LogP) is 1.37. The van der Waals surface area contributed by atoms with Crippen LogP contribution in [0.4, 0.5) is 5.69 Å². The van der Waals surface area contributed by atoms with Gasteiger partial charge in [0.25, 0.3) is 0 Å². The number of anilines is 1. The van der Waals surface area contributed by atoms with Crippen LogP contribution < -0.4 is 16.4 Å². The minimum atomic E-state index is -0.503. The lowest BCUT2D eigenvalue weighted by Crippen LogP contribution is -2.42. The van der Waals surface area contributed by atoms with Crippen LogP contribution in [0.25, 0.3) is 0 Å². The molecule has 17 heavy (non-hydrogen) atoms. The third-order valence-corrected chi connectivity index (χ3v) is 3.35. The van der Waals surface area contributed by atoms with Gasteiger partial charge in [-0.25, -0.2) is 0 Å². The number of hydrogen-bond acceptors (Lipinski definition) is 3. The van der Waals surface area contributed by atoms with Gasteiger partial charge in [-0.3, -0.25) is 4.79 Å². The molecule has 1 fully saturated rings. The number of piperidine rings is 1. The molecule has 0 bridgehead atoms. The molecule has 0 aromatic heterocycles. The number of rotatable bonds is 2. The van der Waals surface area contributed by atoms with Crippen molar-refractivity contribution in [2.75, 3.05) is 18.0 Å². The van der Waals surface area contributed by atoms with Gasteiger partial charge in [-0.15, -0.1) is 0 Å². The summed E-state index contributed by atoms with van der Waals surface area (Å²) in [7, 11) is 0. The van der Waals surface area contributed by atoms with Gasteiger partial charge in [-0.2, -0.15) is 0 Å². The molecule has 1 atom stereocenters. The zero-order valence-corrected chi connectivity index (χ0v) is 10.3. The molecule has 1 saturated heterocycles. The van der Waals surface area contributed by atoms with E-state index in [9.17, 15) is 4.79 Å². The van der Waals surface area contributed by atoms with Crippen LogP contribution in [-0.4, -0.2) is 25.0 Å². The van der Waals surface area contributed by atoms with Gasteiger partial charge in [0.05, 0.1) is 10.6 Å². The van der Waals surface area contributed by atoms with Crippen molar-refractivity contribution in [3.8, 4) is 0 Å². The third kappa shape index (κ3) is 2.70. The molecule has 1 aromatic rings. The molecular weight excluding hydrogens is 238 g/mol. The van der Waals surface area contributed by atoms with Crippen LogP contribution in [0.2, 0.25) is 5.02 Å². The van der Waals surface area contributed by atoms with Crippen molar-refractivity contribution in [3.63, 3.8) is 0 Å². The van der Waals surface area contributed by atoms with E-state index in [1.54, 1.807) is 12.1 Å². The maximum absolute atomic E-state index is 11.1. The van der Waals surface area contributed by atoms with Gasteiger partial charge in [0.1, 0.15) is 0 Å². The summed E-state index contributed by atoms with van der Waals surface area (Å²) in [5.41, 5.74) is 12.5. The Bertz CT molecular complexity index is 436. The number of hydrogen-bond donors (Lipinski definition) is 2. The van der Waals surface area contributed by atoms with Gasteiger partial charge < -0.3 is 16.4 Å². The molecule has 2 rings (SSSR count). The van der Waals surface area contributed by atoms with Crippen LogP contribution in [-0.2, 0) is 0 Å². The summed E-state index contributed by atoms with van der Waals surface area (Å²) in [4.78, 5) is 13.3. The fourth-order valence-electron chi connectivity index (χ4n) is 2.15. The average Bonchev–Trinajstić information content (AvgIpc) is 2.28. The molecule has 4 nitrogen and oxygen atoms in total. The van der Waals surface area contributed by atoms with Crippen molar-refractivity contribution >= 4 is 23.2 Å². The highest BCUT2D eigenvalue weighted by Gasteiger charge is 2.18. The van der Waals surface area contributed by atoms with E-state index >= 15 is 0 Å². The monoisotopic (exact) mass is 253 g/mol. The van der Waals surface area contributed by atoms with Crippen molar-refractivity contribution in [3.05, 3.63) is 28.8 Å². The molecule has 0 unspecified atom stereocenters. The maximum Gasteiger partial charge on any atom is 0.250 e. The Kier molecular flexibility index (Phi) is 3.54. The largest absolute Gasteiger partial charge is 0.370 e. The summed E-state index contributed by atoms with van der Waals surface area (Å²) in [5, 5.41) is 0.397. The Morgan fingerprint density at radius 3 is 2.82 bits per heavy atom. The minimum absolute atomic E-state index is 0.207. The van der Waals surface area contributed by atoms with Gasteiger partial charge in [0.2, 0.25) is 5.91 Å². The summed E-state index contributed by atoms with van der Waals surface area (Å²) in [5.74, 6) is -0.503. The van der Waals surface area contributed by atoms with Crippen molar-refractivity contribution < 1.29 is 4.79 Å². The lowest BCUT2D eigenvalue weighted by atomic mass is 10.1. The first-order chi connectivity index (χ1) is 8.08. The molecule has 1 amide bonds. The number of nitrogens with zero attached hydrogens (tertiary/aromatic N) is 1. The molecule has 5 heteroatoms. The number of carbonyl (C=O) groups is 1. The summed E-state index contributed by atoms with van der Waals surface area (Å²) >= 11 is 6.02. The number of carbonyl (C=O) groups excluding carboxylic acids is 1. The first-order valence-electron chi connectivity index (χ1n) is 5.68. The molecule has 1 aromatic carbocycles. The van der Waals surface area contributed by atoms with Crippen molar-refractivity contribution in [1.82, 2.24) is 0 Å². The number of primary amides is 1. The van der Waals surface area contributed by atoms with Crippen LogP contribution in [0.1, 0.15) is 23.2 Å². The van der Waals surface area contributed by atoms with Crippen LogP contribution in [0.15, 0.2) is 18.2 Å². The Morgan fingerprint density at radius 2 is 2.24 bits per heavy atom. The molecule has 1 heterocycles. The van der Waals surface area contributed by atoms with E-state index in [0.717, 1.165) is 31.6 Å². The van der Waals surface area contributed by atoms with Crippen LogP contribution >= 0.6 is 11.6 Å². The lowest BCUT2D eigenvalue weighted by Gasteiger charge is -2.32. The molecule has 92 valence electrons. The second-order valence-corrected chi connectivity index (χ2v) is 4.78. The smallest absolute Gasteiger partial charge is 0.250 e. The highest BCUT2D eigenvalue weighted by Crippen LogP contribution is 2.25. The maximum atomic E-state index is 11.1. The number of nitrogens with two attached hydrogens (primary N) is 2. The molecule has 0 aliphatic carbocycles. The second kappa shape index (κ2) is 4.94. The summed E-state index contributed by atoms with van der Waals surface area (Å²) in [6.07, 6.45) is 2.14. The standard InChI is InChI=1S/C12H16ClN3O/c13-11-6-9(3-4-10(11)12(15)17)16-5-1-2-8(14)7-16/h3-4,6,8H,1-2,5,7,14H2,(H2,15,17)/t8-/m1/s1. The predicted molar refractivity (Wildman–Crippen MR) is 69.4 cm³/mol. The van der Waals surface area contributed by atoms with E-state index < -0.39 is 5.91 Å². The van der Waals surface area contributed by atoms with Gasteiger partial charge in [-0.1, -0.05) is 11.6 Å². The highest BCUT2D eigenvalue weighted by molar-refractivity contribution is 6.34. The molecule has 0 spiro atoms. The Labute approximate surface area is 106 Å².